The van der Waals surface area contributed by atoms with Gasteiger partial charge in [-0.2, -0.15) is 0 Å². The molecule has 0 aliphatic carbocycles. The van der Waals surface area contributed by atoms with Crippen LogP contribution in [0.5, 0.6) is 0 Å². The third-order valence-corrected chi connectivity index (χ3v) is 29.1. The van der Waals surface area contributed by atoms with Gasteiger partial charge in [0, 0.05) is 0 Å². The maximum absolute atomic E-state index is 7.56. The summed E-state index contributed by atoms with van der Waals surface area (Å²) >= 11 is -1.33. The van der Waals surface area contributed by atoms with Gasteiger partial charge in [0.2, 0.25) is 0 Å². The Morgan fingerprint density at radius 3 is 1.00 bits per heavy atom. The average Bonchev–Trinajstić information content (AvgIpc) is 2.57. The Hall–Kier alpha value is -0.502. The van der Waals surface area contributed by atoms with Gasteiger partial charge in [-0.05, 0) is 0 Å². The first kappa shape index (κ1) is 15.4. The summed E-state index contributed by atoms with van der Waals surface area (Å²) in [4.78, 5) is 0. The second kappa shape index (κ2) is 5.95. The Balaban J connectivity index is 2.36. The normalized spacial score (nSPS) is 13.3. The molecule has 0 unspecified atom stereocenters. The summed E-state index contributed by atoms with van der Waals surface area (Å²) < 4.78 is 3.76. The first-order chi connectivity index (χ1) is 10.1. The monoisotopic (exact) mass is 514 g/mol. The van der Waals surface area contributed by atoms with Gasteiger partial charge >= 0.3 is 141 Å². The molecule has 0 heterocycles. The van der Waals surface area contributed by atoms with E-state index in [4.69, 9.17) is 8.83 Å². The van der Waals surface area contributed by atoms with Crippen molar-refractivity contribution in [3.8, 4) is 0 Å². The van der Waals surface area contributed by atoms with Crippen LogP contribution in [0, 0.1) is 0 Å². The molecule has 0 aliphatic rings. The molecule has 0 aliphatic heterocycles. The molecule has 0 nitrogen and oxygen atoms in total. The summed E-state index contributed by atoms with van der Waals surface area (Å²) in [6.07, 6.45) is 0. The van der Waals surface area contributed by atoms with E-state index in [9.17, 15) is 0 Å². The van der Waals surface area contributed by atoms with E-state index >= 15 is 0 Å². The Kier molecular flexibility index (Phi) is 4.36. The number of rotatable bonds is 3. The summed E-state index contributed by atoms with van der Waals surface area (Å²) in [5, 5.41) is 0. The van der Waals surface area contributed by atoms with Crippen LogP contribution in [0.1, 0.15) is 0 Å². The summed E-state index contributed by atoms with van der Waals surface area (Å²) in [5.41, 5.74) is 0. The van der Waals surface area contributed by atoms with Crippen LogP contribution in [-0.2, 0) is 0 Å². The van der Waals surface area contributed by atoms with Gasteiger partial charge in [-0.25, -0.2) is 0 Å². The Morgan fingerprint density at radius 1 is 0.524 bits per heavy atom. The van der Waals surface area contributed by atoms with Crippen molar-refractivity contribution < 1.29 is 0 Å². The molecular weight excluding hydrogens is 500 g/mol. The van der Waals surface area contributed by atoms with Gasteiger partial charge in [0.05, 0.1) is 0 Å². The van der Waals surface area contributed by atoms with E-state index < -0.39 is 12.2 Å². The number of halogens is 2. The van der Waals surface area contributed by atoms with Crippen molar-refractivity contribution in [3.05, 3.63) is 91.0 Å². The molecule has 0 bridgehead atoms. The molecule has 0 N–H and O–H groups in total. The Bertz CT molecular complexity index is 624. The standard InChI is InChI=1S/3C6H5.ClH.HI.Sb/c3*1-2-4-6-5-3-1;;;/h3*1-5H;2*1H;/q;;;;;+2/p-2. The van der Waals surface area contributed by atoms with Gasteiger partial charge < -0.3 is 0 Å². The second-order valence-corrected chi connectivity index (χ2v) is 35.8. The zero-order chi connectivity index (χ0) is 14.8. The number of benzene rings is 3. The Labute approximate surface area is 140 Å². The quantitative estimate of drug-likeness (QED) is 0.368. The molecule has 106 valence electrons. The number of hydrogen-bond donors (Lipinski definition) is 0. The molecule has 3 heteroatoms. The van der Waals surface area contributed by atoms with Crippen LogP contribution in [0.25, 0.3) is 0 Å². The minimum atomic E-state index is -3.90. The molecule has 3 aromatic rings. The average molecular weight is 515 g/mol. The van der Waals surface area contributed by atoms with Crippen molar-refractivity contribution in [1.82, 2.24) is 0 Å². The SMILES string of the molecule is [Cl][Sb]([I])([c]1ccccc1)([c]1ccccc1)[c]1ccccc1. The van der Waals surface area contributed by atoms with Crippen molar-refractivity contribution >= 4 is 50.1 Å². The van der Waals surface area contributed by atoms with Crippen LogP contribution in [0.2, 0.25) is 0 Å². The van der Waals surface area contributed by atoms with E-state index in [1.807, 2.05) is 18.2 Å². The van der Waals surface area contributed by atoms with Crippen molar-refractivity contribution in [2.45, 2.75) is 0 Å². The van der Waals surface area contributed by atoms with E-state index in [0.29, 0.717) is 0 Å². The van der Waals surface area contributed by atoms with Crippen LogP contribution in [0.4, 0.5) is 0 Å². The third kappa shape index (κ3) is 2.65. The Morgan fingerprint density at radius 2 is 0.762 bits per heavy atom. The zero-order valence-electron chi connectivity index (χ0n) is 11.4. The summed E-state index contributed by atoms with van der Waals surface area (Å²) in [6, 6.07) is 31.6. The van der Waals surface area contributed by atoms with Gasteiger partial charge in [0.1, 0.15) is 0 Å². The molecule has 21 heavy (non-hydrogen) atoms. The fourth-order valence-corrected chi connectivity index (χ4v) is 19.8. The van der Waals surface area contributed by atoms with Crippen LogP contribution < -0.4 is 10.5 Å². The second-order valence-electron chi connectivity index (χ2n) is 4.91. The van der Waals surface area contributed by atoms with Gasteiger partial charge in [0.15, 0.2) is 0 Å². The van der Waals surface area contributed by atoms with E-state index in [-0.39, 0.29) is 0 Å². The molecule has 0 atom stereocenters. The van der Waals surface area contributed by atoms with Crippen molar-refractivity contribution in [2.24, 2.45) is 0 Å². The molecular formula is C18H15ClISb. The predicted octanol–water partition coefficient (Wildman–Crippen LogP) is 3.78. The van der Waals surface area contributed by atoms with Crippen LogP contribution in [0.15, 0.2) is 91.0 Å². The predicted molar refractivity (Wildman–Crippen MR) is 104 cm³/mol. The molecule has 0 fully saturated rings. The molecule has 0 amide bonds. The molecule has 0 saturated carbocycles. The summed E-state index contributed by atoms with van der Waals surface area (Å²) in [5.74, 6) is 0. The third-order valence-electron chi connectivity index (χ3n) is 3.63. The van der Waals surface area contributed by atoms with Crippen molar-refractivity contribution in [2.75, 3.05) is 0 Å². The topological polar surface area (TPSA) is 0 Å². The molecule has 3 aromatic carbocycles. The summed E-state index contributed by atoms with van der Waals surface area (Å²) in [7, 11) is 7.56. The van der Waals surface area contributed by atoms with Gasteiger partial charge in [0.25, 0.3) is 0 Å². The first-order valence-electron chi connectivity index (χ1n) is 6.74. The van der Waals surface area contributed by atoms with Crippen molar-refractivity contribution in [3.63, 3.8) is 0 Å². The van der Waals surface area contributed by atoms with Crippen LogP contribution >= 0.6 is 27.3 Å². The molecule has 0 spiro atoms. The maximum atomic E-state index is 7.56. The van der Waals surface area contributed by atoms with Gasteiger partial charge in [-0.3, -0.25) is 0 Å². The molecule has 0 saturated heterocycles. The fourth-order valence-electron chi connectivity index (χ4n) is 2.52. The van der Waals surface area contributed by atoms with Gasteiger partial charge in [-0.15, -0.1) is 0 Å². The molecule has 0 aromatic heterocycles. The zero-order valence-corrected chi connectivity index (χ0v) is 16.8. The van der Waals surface area contributed by atoms with E-state index in [1.54, 1.807) is 0 Å². The molecule has 0 radical (unpaired) electrons. The van der Waals surface area contributed by atoms with Crippen LogP contribution in [-0.4, -0.2) is 12.2 Å². The van der Waals surface area contributed by atoms with E-state index in [2.05, 4.69) is 91.3 Å². The fraction of sp³-hybridized carbons (Fsp3) is 0. The number of hydrogen-bond acceptors (Lipinski definition) is 0. The summed E-state index contributed by atoms with van der Waals surface area (Å²) in [6.45, 7) is 0. The van der Waals surface area contributed by atoms with Crippen LogP contribution in [0.3, 0.4) is 0 Å². The first-order valence-corrected chi connectivity index (χ1v) is 21.2. The molecule has 3 rings (SSSR count). The van der Waals surface area contributed by atoms with E-state index in [0.717, 1.165) is 0 Å². The van der Waals surface area contributed by atoms with Gasteiger partial charge in [-0.1, -0.05) is 0 Å². The van der Waals surface area contributed by atoms with Crippen molar-refractivity contribution in [1.29, 1.82) is 0 Å². The van der Waals surface area contributed by atoms with E-state index in [1.165, 1.54) is 10.5 Å². The minimum absolute atomic E-state index is 1.25.